The summed E-state index contributed by atoms with van der Waals surface area (Å²) in [5.41, 5.74) is 3.47. The molecule has 3 aromatic rings. The van der Waals surface area contributed by atoms with Gasteiger partial charge in [-0.05, 0) is 48.7 Å². The first kappa shape index (κ1) is 12.9. The molecule has 21 heavy (non-hydrogen) atoms. The third kappa shape index (κ3) is 2.43. The molecule has 1 aliphatic carbocycles. The highest BCUT2D eigenvalue weighted by Gasteiger charge is 2.24. The van der Waals surface area contributed by atoms with Crippen molar-refractivity contribution in [2.24, 2.45) is 0 Å². The Morgan fingerprint density at radius 3 is 2.90 bits per heavy atom. The van der Waals surface area contributed by atoms with Crippen LogP contribution in [0.3, 0.4) is 0 Å². The topological polar surface area (TPSA) is 42.7 Å². The summed E-state index contributed by atoms with van der Waals surface area (Å²) in [5, 5.41) is 7.71. The molecule has 0 amide bonds. The standard InChI is InChI=1S/C15H13ClN4S/c16-15-7-12-13(5-6-14(12)21-15)19-10-1-3-11(4-2-10)20-9-17-8-18-20/h1-4,7-9,13,19H,5-6H2. The van der Waals surface area contributed by atoms with E-state index in [1.165, 1.54) is 16.8 Å². The lowest BCUT2D eigenvalue weighted by molar-refractivity contribution is 0.762. The molecule has 1 unspecified atom stereocenters. The summed E-state index contributed by atoms with van der Waals surface area (Å²) in [6.45, 7) is 0. The molecule has 6 heteroatoms. The molecule has 4 nitrogen and oxygen atoms in total. The second-order valence-corrected chi connectivity index (χ2v) is 6.82. The van der Waals surface area contributed by atoms with Crippen molar-refractivity contribution < 1.29 is 0 Å². The Morgan fingerprint density at radius 1 is 1.29 bits per heavy atom. The van der Waals surface area contributed by atoms with Crippen LogP contribution in [-0.2, 0) is 6.42 Å². The second-order valence-electron chi connectivity index (χ2n) is 5.05. The van der Waals surface area contributed by atoms with Crippen molar-refractivity contribution in [2.45, 2.75) is 18.9 Å². The predicted molar refractivity (Wildman–Crippen MR) is 85.4 cm³/mol. The molecule has 2 heterocycles. The van der Waals surface area contributed by atoms with E-state index in [-0.39, 0.29) is 0 Å². The molecule has 0 bridgehead atoms. The van der Waals surface area contributed by atoms with Crippen LogP contribution in [0.5, 0.6) is 0 Å². The van der Waals surface area contributed by atoms with E-state index in [2.05, 4.69) is 33.6 Å². The summed E-state index contributed by atoms with van der Waals surface area (Å²) in [6, 6.07) is 10.7. The third-order valence-electron chi connectivity index (χ3n) is 3.74. The molecule has 4 rings (SSSR count). The minimum absolute atomic E-state index is 0.362. The lowest BCUT2D eigenvalue weighted by Gasteiger charge is -2.14. The van der Waals surface area contributed by atoms with E-state index in [1.54, 1.807) is 22.3 Å². The van der Waals surface area contributed by atoms with Crippen molar-refractivity contribution in [3.8, 4) is 5.69 Å². The average molecular weight is 317 g/mol. The largest absolute Gasteiger partial charge is 0.378 e. The number of hydrogen-bond acceptors (Lipinski definition) is 4. The molecule has 1 atom stereocenters. The van der Waals surface area contributed by atoms with Crippen molar-refractivity contribution in [2.75, 3.05) is 5.32 Å². The van der Waals surface area contributed by atoms with Gasteiger partial charge in [-0.15, -0.1) is 11.3 Å². The minimum Gasteiger partial charge on any atom is -0.378 e. The number of thiophene rings is 1. The number of aromatic nitrogens is 3. The molecule has 106 valence electrons. The maximum absolute atomic E-state index is 6.10. The maximum Gasteiger partial charge on any atom is 0.138 e. The van der Waals surface area contributed by atoms with E-state index in [1.807, 2.05) is 12.1 Å². The number of fused-ring (bicyclic) bond motifs is 1. The van der Waals surface area contributed by atoms with Crippen LogP contribution in [0.25, 0.3) is 5.69 Å². The zero-order valence-corrected chi connectivity index (χ0v) is 12.7. The van der Waals surface area contributed by atoms with Crippen molar-refractivity contribution >= 4 is 28.6 Å². The van der Waals surface area contributed by atoms with E-state index < -0.39 is 0 Å². The van der Waals surface area contributed by atoms with Crippen molar-refractivity contribution in [3.63, 3.8) is 0 Å². The summed E-state index contributed by atoms with van der Waals surface area (Å²) >= 11 is 7.80. The fourth-order valence-electron chi connectivity index (χ4n) is 2.73. The van der Waals surface area contributed by atoms with E-state index in [4.69, 9.17) is 11.6 Å². The van der Waals surface area contributed by atoms with E-state index in [0.29, 0.717) is 6.04 Å². The molecular weight excluding hydrogens is 304 g/mol. The Kier molecular flexibility index (Phi) is 3.16. The van der Waals surface area contributed by atoms with Crippen LogP contribution in [0.15, 0.2) is 43.0 Å². The van der Waals surface area contributed by atoms with E-state index >= 15 is 0 Å². The second kappa shape index (κ2) is 5.16. The lowest BCUT2D eigenvalue weighted by Crippen LogP contribution is -2.06. The number of rotatable bonds is 3. The first-order chi connectivity index (χ1) is 10.3. The number of aryl methyl sites for hydroxylation is 1. The maximum atomic E-state index is 6.10. The van der Waals surface area contributed by atoms with Crippen LogP contribution >= 0.6 is 22.9 Å². The first-order valence-electron chi connectivity index (χ1n) is 6.79. The van der Waals surface area contributed by atoms with Gasteiger partial charge in [0.15, 0.2) is 0 Å². The highest BCUT2D eigenvalue weighted by Crippen LogP contribution is 2.40. The fourth-order valence-corrected chi connectivity index (χ4v) is 4.09. The Balaban J connectivity index is 1.53. The van der Waals surface area contributed by atoms with Crippen molar-refractivity contribution in [1.29, 1.82) is 0 Å². The van der Waals surface area contributed by atoms with Crippen molar-refractivity contribution in [3.05, 3.63) is 57.8 Å². The Bertz CT molecular complexity index is 749. The fraction of sp³-hybridized carbons (Fsp3) is 0.200. The van der Waals surface area contributed by atoms with Gasteiger partial charge in [0.2, 0.25) is 0 Å². The lowest BCUT2D eigenvalue weighted by atomic mass is 10.1. The SMILES string of the molecule is Clc1cc2c(s1)CCC2Nc1ccc(-n2cncn2)cc1. The van der Waals surface area contributed by atoms with Gasteiger partial charge in [0, 0.05) is 10.6 Å². The van der Waals surface area contributed by atoms with Crippen molar-refractivity contribution in [1.82, 2.24) is 14.8 Å². The molecule has 0 fully saturated rings. The van der Waals surface area contributed by atoms with Crippen LogP contribution in [0.1, 0.15) is 22.9 Å². The number of nitrogens with one attached hydrogen (secondary N) is 1. The van der Waals surface area contributed by atoms with Crippen LogP contribution in [-0.4, -0.2) is 14.8 Å². The Hall–Kier alpha value is -1.85. The van der Waals surface area contributed by atoms with Gasteiger partial charge in [-0.1, -0.05) is 11.6 Å². The van der Waals surface area contributed by atoms with Gasteiger partial charge in [-0.2, -0.15) is 5.10 Å². The van der Waals surface area contributed by atoms with Gasteiger partial charge >= 0.3 is 0 Å². The molecule has 0 radical (unpaired) electrons. The van der Waals surface area contributed by atoms with Crippen LogP contribution in [0.4, 0.5) is 5.69 Å². The predicted octanol–water partition coefficient (Wildman–Crippen LogP) is 4.08. The highest BCUT2D eigenvalue weighted by atomic mass is 35.5. The molecule has 1 aromatic carbocycles. The number of anilines is 1. The number of benzene rings is 1. The van der Waals surface area contributed by atoms with Gasteiger partial charge in [0.25, 0.3) is 0 Å². The normalized spacial score (nSPS) is 16.9. The summed E-state index contributed by atoms with van der Waals surface area (Å²) in [7, 11) is 0. The molecule has 0 spiro atoms. The number of hydrogen-bond donors (Lipinski definition) is 1. The smallest absolute Gasteiger partial charge is 0.138 e. The molecule has 0 saturated carbocycles. The zero-order valence-electron chi connectivity index (χ0n) is 11.2. The van der Waals surface area contributed by atoms with Crippen LogP contribution < -0.4 is 5.32 Å². The summed E-state index contributed by atoms with van der Waals surface area (Å²) in [6.07, 6.45) is 5.47. The summed E-state index contributed by atoms with van der Waals surface area (Å²) in [5.74, 6) is 0. The first-order valence-corrected chi connectivity index (χ1v) is 7.99. The molecule has 2 aromatic heterocycles. The third-order valence-corrected chi connectivity index (χ3v) is 5.08. The Morgan fingerprint density at radius 2 is 2.14 bits per heavy atom. The molecule has 0 saturated heterocycles. The van der Waals surface area contributed by atoms with Gasteiger partial charge in [-0.25, -0.2) is 9.67 Å². The van der Waals surface area contributed by atoms with Gasteiger partial charge < -0.3 is 5.32 Å². The minimum atomic E-state index is 0.362. The highest BCUT2D eigenvalue weighted by molar-refractivity contribution is 7.16. The van der Waals surface area contributed by atoms with Gasteiger partial charge in [0.1, 0.15) is 12.7 Å². The summed E-state index contributed by atoms with van der Waals surface area (Å²) < 4.78 is 2.63. The quantitative estimate of drug-likeness (QED) is 0.791. The zero-order chi connectivity index (χ0) is 14.2. The van der Waals surface area contributed by atoms with Gasteiger partial charge in [0.05, 0.1) is 16.1 Å². The number of halogens is 1. The van der Waals surface area contributed by atoms with E-state index in [9.17, 15) is 0 Å². The summed E-state index contributed by atoms with van der Waals surface area (Å²) in [4.78, 5) is 5.37. The molecule has 0 aliphatic heterocycles. The van der Waals surface area contributed by atoms with Gasteiger partial charge in [-0.3, -0.25) is 0 Å². The van der Waals surface area contributed by atoms with Crippen LogP contribution in [0, 0.1) is 0 Å². The monoisotopic (exact) mass is 316 g/mol. The Labute approximate surface area is 131 Å². The molecular formula is C15H13ClN4S. The van der Waals surface area contributed by atoms with Crippen LogP contribution in [0.2, 0.25) is 4.34 Å². The molecule has 1 N–H and O–H groups in total. The average Bonchev–Trinajstić information content (AvgIpc) is 3.19. The molecule has 1 aliphatic rings. The van der Waals surface area contributed by atoms with E-state index in [0.717, 1.165) is 28.6 Å². The number of nitrogens with zero attached hydrogens (tertiary/aromatic N) is 3.